The summed E-state index contributed by atoms with van der Waals surface area (Å²) in [4.78, 5) is 10.4. The second-order valence-corrected chi connectivity index (χ2v) is 2.81. The minimum absolute atomic E-state index is 0. The van der Waals surface area contributed by atoms with Gasteiger partial charge in [-0.1, -0.05) is 23.2 Å². The van der Waals surface area contributed by atoms with Crippen LogP contribution >= 0.6 is 23.2 Å². The van der Waals surface area contributed by atoms with E-state index in [4.69, 9.17) is 28.3 Å². The van der Waals surface area contributed by atoms with Crippen LogP contribution in [0.4, 0.5) is 4.39 Å². The summed E-state index contributed by atoms with van der Waals surface area (Å²) in [5.41, 5.74) is -0.293. The number of benzene rings is 1. The number of hydrogen-bond acceptors (Lipinski definition) is 1. The van der Waals surface area contributed by atoms with Gasteiger partial charge in [0.1, 0.15) is 0 Å². The molecule has 0 aromatic heterocycles. The maximum absolute atomic E-state index is 12.8. The van der Waals surface area contributed by atoms with Crippen molar-refractivity contribution in [1.29, 1.82) is 0 Å². The van der Waals surface area contributed by atoms with E-state index in [0.29, 0.717) is 0 Å². The molecule has 0 spiro atoms. The maximum atomic E-state index is 12.8. The molecule has 66 valence electrons. The SMILES string of the molecule is O=C(O)c1ccc(Cl)c(F)c1Cl.[NaH]. The number of carboxylic acids is 1. The Bertz CT molecular complexity index is 344. The van der Waals surface area contributed by atoms with Gasteiger partial charge < -0.3 is 5.11 Å². The molecule has 0 heterocycles. The molecule has 0 saturated carbocycles. The molecule has 0 unspecified atom stereocenters. The predicted octanol–water partition coefficient (Wildman–Crippen LogP) is 2.18. The third kappa shape index (κ3) is 2.82. The van der Waals surface area contributed by atoms with Crippen LogP contribution in [0.2, 0.25) is 10.0 Å². The Morgan fingerprint density at radius 2 is 1.92 bits per heavy atom. The summed E-state index contributed by atoms with van der Waals surface area (Å²) in [7, 11) is 0. The van der Waals surface area contributed by atoms with Crippen molar-refractivity contribution in [2.45, 2.75) is 0 Å². The van der Waals surface area contributed by atoms with Gasteiger partial charge in [-0.05, 0) is 12.1 Å². The number of halogens is 3. The third-order valence-electron chi connectivity index (χ3n) is 1.27. The van der Waals surface area contributed by atoms with Gasteiger partial charge in [0.2, 0.25) is 0 Å². The van der Waals surface area contributed by atoms with Gasteiger partial charge in [0, 0.05) is 0 Å². The van der Waals surface area contributed by atoms with E-state index in [-0.39, 0.29) is 40.1 Å². The van der Waals surface area contributed by atoms with Gasteiger partial charge >= 0.3 is 35.5 Å². The fraction of sp³-hybridized carbons (Fsp3) is 0. The molecule has 2 nitrogen and oxygen atoms in total. The van der Waals surface area contributed by atoms with Gasteiger partial charge in [0.15, 0.2) is 5.82 Å². The number of carboxylic acid groups (broad SMARTS) is 1. The second kappa shape index (κ2) is 5.17. The van der Waals surface area contributed by atoms with Crippen molar-refractivity contribution in [3.8, 4) is 0 Å². The first-order chi connectivity index (χ1) is 5.54. The second-order valence-electron chi connectivity index (χ2n) is 2.03. The average Bonchev–Trinajstić information content (AvgIpc) is 2.00. The van der Waals surface area contributed by atoms with Crippen molar-refractivity contribution >= 4 is 58.7 Å². The van der Waals surface area contributed by atoms with Crippen LogP contribution in [-0.4, -0.2) is 40.6 Å². The van der Waals surface area contributed by atoms with Gasteiger partial charge in [0.05, 0.1) is 15.6 Å². The Balaban J connectivity index is 0.00000144. The Morgan fingerprint density at radius 3 is 2.38 bits per heavy atom. The average molecular weight is 233 g/mol. The van der Waals surface area contributed by atoms with E-state index in [1.807, 2.05) is 0 Å². The predicted molar refractivity (Wildman–Crippen MR) is 50.5 cm³/mol. The van der Waals surface area contributed by atoms with Gasteiger partial charge in [-0.3, -0.25) is 0 Å². The Labute approximate surface area is 106 Å². The first-order valence-electron chi connectivity index (χ1n) is 2.91. The van der Waals surface area contributed by atoms with Crippen LogP contribution in [0.15, 0.2) is 12.1 Å². The van der Waals surface area contributed by atoms with Crippen LogP contribution in [-0.2, 0) is 0 Å². The molecule has 1 rings (SSSR count). The topological polar surface area (TPSA) is 37.3 Å². The number of aromatic carboxylic acids is 1. The van der Waals surface area contributed by atoms with Crippen molar-refractivity contribution in [3.63, 3.8) is 0 Å². The molecule has 0 saturated heterocycles. The van der Waals surface area contributed by atoms with Crippen molar-refractivity contribution < 1.29 is 14.3 Å². The van der Waals surface area contributed by atoms with E-state index < -0.39 is 16.8 Å². The van der Waals surface area contributed by atoms with Crippen LogP contribution < -0.4 is 0 Å². The zero-order chi connectivity index (χ0) is 9.30. The molecular formula is C7H4Cl2FNaO2. The van der Waals surface area contributed by atoms with Crippen molar-refractivity contribution in [2.75, 3.05) is 0 Å². The molecule has 1 N–H and O–H groups in total. The van der Waals surface area contributed by atoms with E-state index in [1.54, 1.807) is 0 Å². The summed E-state index contributed by atoms with van der Waals surface area (Å²) in [5.74, 6) is -2.19. The van der Waals surface area contributed by atoms with Crippen molar-refractivity contribution in [2.24, 2.45) is 0 Å². The van der Waals surface area contributed by atoms with Crippen molar-refractivity contribution in [3.05, 3.63) is 33.6 Å². The van der Waals surface area contributed by atoms with Crippen LogP contribution in [0.1, 0.15) is 10.4 Å². The quantitative estimate of drug-likeness (QED) is 0.596. The molecule has 0 aliphatic carbocycles. The van der Waals surface area contributed by atoms with E-state index >= 15 is 0 Å². The molecule has 0 aliphatic heterocycles. The monoisotopic (exact) mass is 232 g/mol. The zero-order valence-electron chi connectivity index (χ0n) is 5.64. The standard InChI is InChI=1S/C7H3Cl2FO2.Na.H/c8-4-2-1-3(7(11)12)5(9)6(4)10;;/h1-2H,(H,11,12);;. The van der Waals surface area contributed by atoms with E-state index in [1.165, 1.54) is 0 Å². The number of carbonyl (C=O) groups is 1. The molecule has 1 aromatic rings. The first kappa shape index (κ1) is 13.2. The van der Waals surface area contributed by atoms with Gasteiger partial charge in [-0.25, -0.2) is 9.18 Å². The van der Waals surface area contributed by atoms with Gasteiger partial charge in [-0.2, -0.15) is 0 Å². The first-order valence-corrected chi connectivity index (χ1v) is 3.66. The molecule has 0 radical (unpaired) electrons. The fourth-order valence-corrected chi connectivity index (χ4v) is 1.14. The summed E-state index contributed by atoms with van der Waals surface area (Å²) < 4.78 is 12.8. The fourth-order valence-electron chi connectivity index (χ4n) is 0.691. The molecule has 6 heteroatoms. The van der Waals surface area contributed by atoms with E-state index in [0.717, 1.165) is 12.1 Å². The molecule has 1 aromatic carbocycles. The summed E-state index contributed by atoms with van der Waals surface area (Å²) in [6.45, 7) is 0. The Kier molecular flexibility index (Phi) is 5.25. The van der Waals surface area contributed by atoms with Crippen LogP contribution in [0.3, 0.4) is 0 Å². The summed E-state index contributed by atoms with van der Waals surface area (Å²) in [6, 6.07) is 2.29. The summed E-state index contributed by atoms with van der Waals surface area (Å²) >= 11 is 10.7. The molecule has 0 fully saturated rings. The number of rotatable bonds is 1. The van der Waals surface area contributed by atoms with Crippen LogP contribution in [0.25, 0.3) is 0 Å². The van der Waals surface area contributed by atoms with Gasteiger partial charge in [-0.15, -0.1) is 0 Å². The molecular weight excluding hydrogens is 229 g/mol. The van der Waals surface area contributed by atoms with Crippen LogP contribution in [0, 0.1) is 5.82 Å². The van der Waals surface area contributed by atoms with Gasteiger partial charge in [0.25, 0.3) is 0 Å². The minimum atomic E-state index is -1.28. The number of hydrogen-bond donors (Lipinski definition) is 1. The summed E-state index contributed by atoms with van der Waals surface area (Å²) in [5, 5.41) is 7.83. The van der Waals surface area contributed by atoms with Crippen molar-refractivity contribution in [1.82, 2.24) is 0 Å². The molecule has 13 heavy (non-hydrogen) atoms. The van der Waals surface area contributed by atoms with E-state index in [9.17, 15) is 9.18 Å². The molecule has 0 amide bonds. The summed E-state index contributed by atoms with van der Waals surface area (Å²) in [6.07, 6.45) is 0. The van der Waals surface area contributed by atoms with Crippen LogP contribution in [0.5, 0.6) is 0 Å². The molecule has 0 aliphatic rings. The zero-order valence-corrected chi connectivity index (χ0v) is 7.16. The normalized spacial score (nSPS) is 9.15. The Morgan fingerprint density at radius 1 is 1.38 bits per heavy atom. The Hall–Kier alpha value is 0.200. The molecule has 0 bridgehead atoms. The van der Waals surface area contributed by atoms with E-state index in [2.05, 4.69) is 0 Å². The third-order valence-corrected chi connectivity index (χ3v) is 1.93. The molecule has 0 atom stereocenters.